The number of carbonyl (C=O) groups is 4. The van der Waals surface area contributed by atoms with E-state index in [1.165, 1.54) is 41.3 Å². The predicted molar refractivity (Wildman–Crippen MR) is 185 cm³/mol. The Kier molecular flexibility index (Phi) is 10.2. The average Bonchev–Trinajstić information content (AvgIpc) is 3.59. The number of nitrogens with one attached hydrogen (secondary N) is 2. The minimum atomic E-state index is -1.26. The number of fused-ring (bicyclic) bond motifs is 5. The van der Waals surface area contributed by atoms with Gasteiger partial charge in [-0.1, -0.05) is 25.0 Å². The first kappa shape index (κ1) is 36.0. The molecule has 1 saturated heterocycles. The molecule has 1 saturated carbocycles. The summed E-state index contributed by atoms with van der Waals surface area (Å²) in [6.07, 6.45) is 6.14. The van der Waals surface area contributed by atoms with E-state index in [9.17, 15) is 28.0 Å². The fourth-order valence-corrected chi connectivity index (χ4v) is 7.01. The standard InChI is InChI=1S/C38H44F2N4O7/c1-5-49-35(47)38-20-22(38)11-9-7-6-8-10-12-30(42-36(48)51-37(2,3)4)34(46)44-21-25(19-31(44)32(45)43-38)50-33-26-15-13-23(39)17-27(26)28-18-24(40)14-16-29(28)41-33/h9,11,13-18,22,25,30-31H,5-8,10,12,19-21H2,1-4H3,(H,42,48)(H,43,45)/b11-9-/t22-,25-,30+,31+,38-/m1/s1. The van der Waals surface area contributed by atoms with Gasteiger partial charge in [-0.2, -0.15) is 0 Å². The van der Waals surface area contributed by atoms with Crippen molar-refractivity contribution in [3.8, 4) is 5.88 Å². The molecule has 11 nitrogen and oxygen atoms in total. The molecule has 0 radical (unpaired) electrons. The number of esters is 1. The van der Waals surface area contributed by atoms with Crippen molar-refractivity contribution in [2.24, 2.45) is 5.92 Å². The van der Waals surface area contributed by atoms with Crippen LogP contribution in [0.4, 0.5) is 13.6 Å². The fourth-order valence-electron chi connectivity index (χ4n) is 7.01. The molecule has 0 bridgehead atoms. The first-order valence-electron chi connectivity index (χ1n) is 17.6. The Morgan fingerprint density at radius 3 is 2.53 bits per heavy atom. The number of amides is 3. The van der Waals surface area contributed by atoms with E-state index in [1.54, 1.807) is 27.7 Å². The largest absolute Gasteiger partial charge is 0.472 e. The molecule has 13 heteroatoms. The number of carbonyl (C=O) groups excluding carboxylic acids is 4. The summed E-state index contributed by atoms with van der Waals surface area (Å²) in [6.45, 7) is 6.95. The summed E-state index contributed by atoms with van der Waals surface area (Å²) in [6, 6.07) is 5.94. The van der Waals surface area contributed by atoms with Crippen molar-refractivity contribution < 1.29 is 42.2 Å². The number of nitrogens with zero attached hydrogens (tertiary/aromatic N) is 2. The molecule has 2 fully saturated rings. The van der Waals surface area contributed by atoms with Gasteiger partial charge < -0.3 is 29.7 Å². The minimum absolute atomic E-state index is 0.0297. The Hall–Kier alpha value is -4.81. The van der Waals surface area contributed by atoms with E-state index in [0.29, 0.717) is 40.9 Å². The van der Waals surface area contributed by atoms with Gasteiger partial charge >= 0.3 is 12.1 Å². The first-order chi connectivity index (χ1) is 24.3. The van der Waals surface area contributed by atoms with E-state index >= 15 is 0 Å². The number of hydrogen-bond acceptors (Lipinski definition) is 8. The summed E-state index contributed by atoms with van der Waals surface area (Å²) in [5, 5.41) is 6.88. The van der Waals surface area contributed by atoms with Crippen molar-refractivity contribution in [1.82, 2.24) is 20.5 Å². The summed E-state index contributed by atoms with van der Waals surface area (Å²) in [7, 11) is 0. The lowest BCUT2D eigenvalue weighted by atomic mass is 10.0. The molecule has 3 aromatic rings. The first-order valence-corrected chi connectivity index (χ1v) is 17.6. The SMILES string of the molecule is CCOC(=O)[C@@]12C[C@H]1/C=C\CCCCC[C@H](NC(=O)OC(C)(C)C)C(=O)N1C[C@H](Oc3nc4ccc(F)cc4c4cc(F)ccc34)C[C@H]1C(=O)N2. The molecule has 6 rings (SSSR count). The molecule has 0 spiro atoms. The third-order valence-corrected chi connectivity index (χ3v) is 9.53. The second-order valence-corrected chi connectivity index (χ2v) is 14.5. The molecule has 0 unspecified atom stereocenters. The molecule has 1 aliphatic carbocycles. The zero-order chi connectivity index (χ0) is 36.5. The summed E-state index contributed by atoms with van der Waals surface area (Å²) < 4.78 is 45.9. The number of benzene rings is 2. The van der Waals surface area contributed by atoms with Gasteiger partial charge in [0, 0.05) is 23.1 Å². The number of aromatic nitrogens is 1. The van der Waals surface area contributed by atoms with Gasteiger partial charge in [0.2, 0.25) is 17.7 Å². The Labute approximate surface area is 295 Å². The molecular weight excluding hydrogens is 662 g/mol. The Morgan fingerprint density at radius 1 is 1.04 bits per heavy atom. The van der Waals surface area contributed by atoms with Crippen LogP contribution >= 0.6 is 0 Å². The number of pyridine rings is 1. The number of rotatable bonds is 5. The molecule has 51 heavy (non-hydrogen) atoms. The predicted octanol–water partition coefficient (Wildman–Crippen LogP) is 5.87. The number of hydrogen-bond donors (Lipinski definition) is 2. The van der Waals surface area contributed by atoms with E-state index in [0.717, 1.165) is 19.3 Å². The third kappa shape index (κ3) is 7.92. The van der Waals surface area contributed by atoms with Crippen LogP contribution in [0.2, 0.25) is 0 Å². The summed E-state index contributed by atoms with van der Waals surface area (Å²) in [5.41, 5.74) is -1.70. The van der Waals surface area contributed by atoms with Gasteiger partial charge in [-0.25, -0.2) is 23.4 Å². The molecule has 272 valence electrons. The quantitative estimate of drug-likeness (QED) is 0.191. The molecule has 3 heterocycles. The van der Waals surface area contributed by atoms with Gasteiger partial charge in [-0.3, -0.25) is 9.59 Å². The van der Waals surface area contributed by atoms with Crippen LogP contribution in [-0.2, 0) is 23.9 Å². The van der Waals surface area contributed by atoms with Crippen molar-refractivity contribution in [1.29, 1.82) is 0 Å². The Bertz CT molecular complexity index is 1880. The average molecular weight is 707 g/mol. The van der Waals surface area contributed by atoms with Gasteiger partial charge in [0.15, 0.2) is 0 Å². The highest BCUT2D eigenvalue weighted by Gasteiger charge is 2.62. The molecule has 2 aromatic carbocycles. The maximum Gasteiger partial charge on any atom is 0.408 e. The molecule has 5 atom stereocenters. The van der Waals surface area contributed by atoms with Crippen molar-refractivity contribution >= 4 is 45.6 Å². The molecule has 3 aliphatic rings. The third-order valence-electron chi connectivity index (χ3n) is 9.53. The van der Waals surface area contributed by atoms with E-state index in [4.69, 9.17) is 14.2 Å². The lowest BCUT2D eigenvalue weighted by Crippen LogP contribution is -2.56. The molecule has 1 aromatic heterocycles. The van der Waals surface area contributed by atoms with Crippen LogP contribution in [0.5, 0.6) is 5.88 Å². The number of ether oxygens (including phenoxy) is 3. The molecular formula is C38H44F2N4O7. The second kappa shape index (κ2) is 14.4. The lowest BCUT2D eigenvalue weighted by Gasteiger charge is -2.30. The smallest absolute Gasteiger partial charge is 0.408 e. The summed E-state index contributed by atoms with van der Waals surface area (Å²) >= 11 is 0. The van der Waals surface area contributed by atoms with Crippen molar-refractivity contribution in [2.45, 2.75) is 102 Å². The summed E-state index contributed by atoms with van der Waals surface area (Å²) in [5.74, 6) is -2.75. The van der Waals surface area contributed by atoms with Crippen LogP contribution in [0.3, 0.4) is 0 Å². The van der Waals surface area contributed by atoms with E-state index in [2.05, 4.69) is 15.6 Å². The summed E-state index contributed by atoms with van der Waals surface area (Å²) in [4.78, 5) is 60.8. The van der Waals surface area contributed by atoms with Crippen LogP contribution in [0.15, 0.2) is 48.6 Å². The second-order valence-electron chi connectivity index (χ2n) is 14.5. The lowest BCUT2D eigenvalue weighted by molar-refractivity contribution is -0.150. The van der Waals surface area contributed by atoms with Gasteiger partial charge in [-0.15, -0.1) is 0 Å². The van der Waals surface area contributed by atoms with Crippen LogP contribution in [-0.4, -0.2) is 76.2 Å². The maximum absolute atomic E-state index is 14.4. The van der Waals surface area contributed by atoms with Crippen molar-refractivity contribution in [3.63, 3.8) is 0 Å². The van der Waals surface area contributed by atoms with E-state index in [1.807, 2.05) is 12.2 Å². The topological polar surface area (TPSA) is 136 Å². The highest BCUT2D eigenvalue weighted by molar-refractivity contribution is 6.07. The number of allylic oxidation sites excluding steroid dienone is 1. The van der Waals surface area contributed by atoms with Gasteiger partial charge in [0.05, 0.1) is 18.7 Å². The Morgan fingerprint density at radius 2 is 1.78 bits per heavy atom. The maximum atomic E-state index is 14.4. The highest BCUT2D eigenvalue weighted by Crippen LogP contribution is 2.46. The Balaban J connectivity index is 1.35. The monoisotopic (exact) mass is 706 g/mol. The van der Waals surface area contributed by atoms with E-state index < -0.39 is 64.8 Å². The van der Waals surface area contributed by atoms with Gasteiger partial charge in [0.1, 0.15) is 41.0 Å². The molecule has 2 aliphatic heterocycles. The molecule has 3 amide bonds. The molecule has 2 N–H and O–H groups in total. The number of halogens is 2. The minimum Gasteiger partial charge on any atom is -0.472 e. The van der Waals surface area contributed by atoms with Gasteiger partial charge in [-0.05, 0) is 95.2 Å². The normalized spacial score (nSPS) is 26.3. The van der Waals surface area contributed by atoms with Crippen molar-refractivity contribution in [3.05, 3.63) is 60.2 Å². The van der Waals surface area contributed by atoms with Crippen LogP contribution in [0, 0.1) is 17.6 Å². The fraction of sp³-hybridized carbons (Fsp3) is 0.500. The van der Waals surface area contributed by atoms with Crippen molar-refractivity contribution in [2.75, 3.05) is 13.2 Å². The highest BCUT2D eigenvalue weighted by atomic mass is 19.1. The number of alkyl carbamates (subject to hydrolysis) is 1. The zero-order valence-electron chi connectivity index (χ0n) is 29.3. The van der Waals surface area contributed by atoms with Crippen LogP contribution in [0.25, 0.3) is 21.7 Å². The van der Waals surface area contributed by atoms with Gasteiger partial charge in [0.25, 0.3) is 0 Å². The van der Waals surface area contributed by atoms with Crippen LogP contribution < -0.4 is 15.4 Å². The van der Waals surface area contributed by atoms with Crippen LogP contribution in [0.1, 0.15) is 72.6 Å². The van der Waals surface area contributed by atoms with E-state index in [-0.39, 0.29) is 31.4 Å². The zero-order valence-corrected chi connectivity index (χ0v) is 29.3.